The minimum atomic E-state index is -5.07. The van der Waals surface area contributed by atoms with E-state index in [1.807, 2.05) is 13.8 Å². The first-order valence-electron chi connectivity index (χ1n) is 18.6. The number of carbonyl (C=O) groups is 5. The number of aromatic nitrogens is 1. The molecule has 24 heteroatoms. The summed E-state index contributed by atoms with van der Waals surface area (Å²) in [5.74, 6) is -5.89. The van der Waals surface area contributed by atoms with Gasteiger partial charge in [-0.25, -0.2) is 27.5 Å². The lowest BCUT2D eigenvalue weighted by Crippen LogP contribution is -2.59. The molecule has 3 aliphatic heterocycles. The lowest BCUT2D eigenvalue weighted by atomic mass is 9.74. The number of piperazine rings is 1. The van der Waals surface area contributed by atoms with E-state index in [9.17, 15) is 52.4 Å². The van der Waals surface area contributed by atoms with Gasteiger partial charge in [0.2, 0.25) is 18.0 Å². The number of fused-ring (bicyclic) bond motifs is 4. The maximum absolute atomic E-state index is 14.5. The molecule has 0 unspecified atom stereocenters. The van der Waals surface area contributed by atoms with Gasteiger partial charge in [0.05, 0.1) is 17.8 Å². The summed E-state index contributed by atoms with van der Waals surface area (Å²) < 4.78 is 55.2. The van der Waals surface area contributed by atoms with Gasteiger partial charge in [0.15, 0.2) is 5.69 Å². The number of hydrogen-bond donors (Lipinski definition) is 5. The number of phosphoric acid groups is 1. The molecule has 4 amide bonds. The Balaban J connectivity index is 1.57. The topological polar surface area (TPSA) is 270 Å². The standard InChI is InChI=1S/C36H46F2N7O14P/c1-20(40-53)12-36(3)8-7-21(2)44-17-27(36)45-16-25(32(49)39-13-22-5-6-23(37)11-26(22)38)30(48)31(29(45)33(44)50)59-35(52)43-10-9-41(4)14-24(43)15-42(18-28(46)47)34(51)57-19-58-60(54,55)56/h5-6,11,16,21,24,27,53H,7-10,12-15,17-19H2,1-4H3,(H,39,49)(H,46,47)(H2,54,55,56)/b40-20-/t21-,24-,27+,36+/m0/s1. The second-order valence-corrected chi connectivity index (χ2v) is 16.5. The molecule has 2 saturated heterocycles. The lowest BCUT2D eigenvalue weighted by Gasteiger charge is -2.44. The lowest BCUT2D eigenvalue weighted by molar-refractivity contribution is -0.138. The molecule has 21 nitrogen and oxygen atoms in total. The summed E-state index contributed by atoms with van der Waals surface area (Å²) in [6.45, 7) is 2.30. The molecule has 0 radical (unpaired) electrons. The van der Waals surface area contributed by atoms with Crippen LogP contribution in [0.25, 0.3) is 0 Å². The molecule has 2 fully saturated rings. The minimum Gasteiger partial charge on any atom is -0.480 e. The summed E-state index contributed by atoms with van der Waals surface area (Å²) in [5, 5.41) is 24.9. The summed E-state index contributed by atoms with van der Waals surface area (Å²) in [6.07, 6.45) is -0.215. The first kappa shape index (κ1) is 45.6. The van der Waals surface area contributed by atoms with Gasteiger partial charge in [-0.1, -0.05) is 18.1 Å². The van der Waals surface area contributed by atoms with Crippen molar-refractivity contribution in [1.82, 2.24) is 29.5 Å². The summed E-state index contributed by atoms with van der Waals surface area (Å²) in [7, 11) is -3.40. The van der Waals surface area contributed by atoms with Crippen molar-refractivity contribution in [2.75, 3.05) is 53.1 Å². The van der Waals surface area contributed by atoms with E-state index in [0.717, 1.165) is 23.2 Å². The molecule has 0 spiro atoms. The molecule has 5 N–H and O–H groups in total. The van der Waals surface area contributed by atoms with E-state index in [1.165, 1.54) is 9.47 Å². The van der Waals surface area contributed by atoms with Crippen LogP contribution in [0, 0.1) is 17.0 Å². The highest BCUT2D eigenvalue weighted by atomic mass is 31.2. The maximum atomic E-state index is 14.5. The predicted molar refractivity (Wildman–Crippen MR) is 202 cm³/mol. The molecule has 1 aromatic heterocycles. The van der Waals surface area contributed by atoms with E-state index in [4.69, 9.17) is 19.3 Å². The van der Waals surface area contributed by atoms with Crippen LogP contribution in [-0.2, 0) is 25.2 Å². The zero-order valence-corrected chi connectivity index (χ0v) is 34.0. The van der Waals surface area contributed by atoms with Crippen LogP contribution in [0.2, 0.25) is 0 Å². The zero-order valence-electron chi connectivity index (χ0n) is 33.1. The fourth-order valence-electron chi connectivity index (χ4n) is 7.78. The Bertz CT molecular complexity index is 2170. The molecule has 4 heterocycles. The van der Waals surface area contributed by atoms with E-state index in [0.29, 0.717) is 29.5 Å². The van der Waals surface area contributed by atoms with Crippen molar-refractivity contribution in [3.8, 4) is 5.75 Å². The average molecular weight is 870 g/mol. The number of halogens is 2. The number of rotatable bonds is 13. The molecule has 1 aromatic carbocycles. The molecule has 3 aliphatic rings. The fraction of sp³-hybridized carbons (Fsp3) is 0.528. The molecule has 5 rings (SSSR count). The molecule has 328 valence electrons. The number of likely N-dealkylation sites (N-methyl/N-ethyl adjacent to an activating group) is 1. The highest BCUT2D eigenvalue weighted by Gasteiger charge is 2.48. The molecular formula is C36H46F2N7O14P. The molecule has 2 aromatic rings. The molecule has 2 bridgehead atoms. The number of carboxylic acid groups (broad SMARTS) is 1. The van der Waals surface area contributed by atoms with Gasteiger partial charge in [-0.05, 0) is 51.6 Å². The van der Waals surface area contributed by atoms with Gasteiger partial charge in [0.25, 0.3) is 11.8 Å². The van der Waals surface area contributed by atoms with Crippen LogP contribution in [-0.4, -0.2) is 145 Å². The summed E-state index contributed by atoms with van der Waals surface area (Å²) in [6, 6.07) is 0.582. The molecule has 4 atom stereocenters. The van der Waals surface area contributed by atoms with Crippen molar-refractivity contribution >= 4 is 43.5 Å². The number of ether oxygens (including phenoxy) is 2. The number of phosphoric ester groups is 1. The monoisotopic (exact) mass is 869 g/mol. The van der Waals surface area contributed by atoms with E-state index < -0.39 is 110 Å². The van der Waals surface area contributed by atoms with Crippen LogP contribution in [0.3, 0.4) is 0 Å². The molecule has 0 aliphatic carbocycles. The van der Waals surface area contributed by atoms with Crippen molar-refractivity contribution in [3.05, 3.63) is 63.1 Å². The van der Waals surface area contributed by atoms with Crippen LogP contribution in [0.4, 0.5) is 18.4 Å². The van der Waals surface area contributed by atoms with Gasteiger partial charge in [-0.2, -0.15) is 0 Å². The van der Waals surface area contributed by atoms with Gasteiger partial charge >= 0.3 is 26.0 Å². The molecule has 0 saturated carbocycles. The summed E-state index contributed by atoms with van der Waals surface area (Å²) >= 11 is 0. The molecular weight excluding hydrogens is 823 g/mol. The van der Waals surface area contributed by atoms with Gasteiger partial charge in [0, 0.05) is 63.1 Å². The quantitative estimate of drug-likeness (QED) is 0.0635. The number of benzene rings is 1. The van der Waals surface area contributed by atoms with E-state index in [-0.39, 0.29) is 49.9 Å². The number of pyridine rings is 1. The fourth-order valence-corrected chi connectivity index (χ4v) is 7.97. The maximum Gasteiger partial charge on any atom is 0.472 e. The number of carboxylic acids is 1. The number of oxime groups is 1. The number of amides is 4. The predicted octanol–water partition coefficient (Wildman–Crippen LogP) is 2.19. The van der Waals surface area contributed by atoms with Gasteiger partial charge in [-0.3, -0.25) is 24.1 Å². The highest BCUT2D eigenvalue weighted by Crippen LogP contribution is 2.47. The Morgan fingerprint density at radius 1 is 1.13 bits per heavy atom. The number of hydrogen-bond acceptors (Lipinski definition) is 13. The van der Waals surface area contributed by atoms with Crippen LogP contribution >= 0.6 is 7.82 Å². The highest BCUT2D eigenvalue weighted by molar-refractivity contribution is 7.46. The van der Waals surface area contributed by atoms with Crippen molar-refractivity contribution in [2.45, 2.75) is 64.7 Å². The second kappa shape index (κ2) is 18.4. The van der Waals surface area contributed by atoms with Gasteiger partial charge in [-0.15, -0.1) is 0 Å². The van der Waals surface area contributed by atoms with Crippen LogP contribution in [0.1, 0.15) is 72.5 Å². The van der Waals surface area contributed by atoms with Gasteiger partial charge < -0.3 is 54.2 Å². The van der Waals surface area contributed by atoms with E-state index in [1.54, 1.807) is 18.9 Å². The summed E-state index contributed by atoms with van der Waals surface area (Å²) in [4.78, 5) is 104. The van der Waals surface area contributed by atoms with Crippen molar-refractivity contribution in [1.29, 1.82) is 0 Å². The first-order valence-corrected chi connectivity index (χ1v) is 20.2. The summed E-state index contributed by atoms with van der Waals surface area (Å²) in [5.41, 5.74) is -2.66. The first-order chi connectivity index (χ1) is 28.1. The van der Waals surface area contributed by atoms with Crippen molar-refractivity contribution in [3.63, 3.8) is 0 Å². The Morgan fingerprint density at radius 2 is 1.85 bits per heavy atom. The number of aliphatic carboxylic acids is 1. The van der Waals surface area contributed by atoms with E-state index in [2.05, 4.69) is 15.0 Å². The second-order valence-electron chi connectivity index (χ2n) is 15.3. The van der Waals surface area contributed by atoms with E-state index >= 15 is 0 Å². The van der Waals surface area contributed by atoms with Crippen LogP contribution < -0.4 is 15.5 Å². The van der Waals surface area contributed by atoms with Gasteiger partial charge in [0.1, 0.15) is 23.7 Å². The Hall–Kier alpha value is -5.48. The smallest absolute Gasteiger partial charge is 0.472 e. The van der Waals surface area contributed by atoms with Crippen LogP contribution in [0.15, 0.2) is 34.3 Å². The number of nitrogens with one attached hydrogen (secondary N) is 1. The SMILES string of the molecule is C/C(C[C@@]1(C)CC[C@H](C)N2C[C@H]1n1cc(C(=O)NCc3ccc(F)cc3F)c(=O)c(OC(=O)N3CCN(C)C[C@H]3CN(CC(=O)O)C(=O)OCOP(=O)(O)O)c1C2=O)=N/O. The third-order valence-corrected chi connectivity index (χ3v) is 11.3. The minimum absolute atomic E-state index is 0.00732. The third-order valence-electron chi connectivity index (χ3n) is 10.9. The zero-order chi connectivity index (χ0) is 44.3. The molecule has 60 heavy (non-hydrogen) atoms. The Kier molecular flexibility index (Phi) is 14.0. The number of nitrogens with zero attached hydrogens (tertiary/aromatic N) is 6. The Labute approximate surface area is 341 Å². The van der Waals surface area contributed by atoms with Crippen molar-refractivity contribution in [2.24, 2.45) is 10.6 Å². The average Bonchev–Trinajstić information content (AvgIpc) is 3.27. The Morgan fingerprint density at radius 3 is 2.50 bits per heavy atom. The largest absolute Gasteiger partial charge is 0.480 e. The third kappa shape index (κ3) is 10.4. The number of carbonyl (C=O) groups excluding carboxylic acids is 4. The normalized spacial score (nSPS) is 22.1. The van der Waals surface area contributed by atoms with Crippen LogP contribution in [0.5, 0.6) is 5.75 Å². The van der Waals surface area contributed by atoms with Crippen molar-refractivity contribution < 1.29 is 71.4 Å².